The number of nitrogens with zero attached hydrogens (tertiary/aromatic N) is 2. The van der Waals surface area contributed by atoms with E-state index in [9.17, 15) is 9.59 Å². The summed E-state index contributed by atoms with van der Waals surface area (Å²) in [5, 5.41) is 3.12. The highest BCUT2D eigenvalue weighted by Crippen LogP contribution is 2.23. The second kappa shape index (κ2) is 36.9. The van der Waals surface area contributed by atoms with Crippen molar-refractivity contribution in [3.63, 3.8) is 0 Å². The van der Waals surface area contributed by atoms with Gasteiger partial charge >= 0.3 is 5.97 Å². The van der Waals surface area contributed by atoms with Crippen LogP contribution in [0.4, 0.5) is 0 Å². The summed E-state index contributed by atoms with van der Waals surface area (Å²) in [6.07, 6.45) is 32.5. The van der Waals surface area contributed by atoms with Crippen LogP contribution in [-0.2, 0) is 14.3 Å². The van der Waals surface area contributed by atoms with Gasteiger partial charge in [-0.2, -0.15) is 0 Å². The lowest BCUT2D eigenvalue weighted by molar-refractivity contribution is -0.144. The third kappa shape index (κ3) is 31.1. The van der Waals surface area contributed by atoms with Gasteiger partial charge in [0.2, 0.25) is 5.91 Å². The molecule has 1 amide bonds. The van der Waals surface area contributed by atoms with Crippen molar-refractivity contribution in [1.82, 2.24) is 15.1 Å². The average molecular weight is 742 g/mol. The van der Waals surface area contributed by atoms with Crippen LogP contribution in [0.25, 0.3) is 0 Å². The third-order valence-electron chi connectivity index (χ3n) is 10.4. The monoisotopic (exact) mass is 742 g/mol. The fraction of sp³-hybridized carbons (Fsp3) is 0.952. The van der Waals surface area contributed by atoms with Gasteiger partial charge in [-0.05, 0) is 38.1 Å². The molecule has 0 spiro atoms. The van der Waals surface area contributed by atoms with Crippen LogP contribution in [0.1, 0.15) is 188 Å². The molecule has 8 heteroatoms. The van der Waals surface area contributed by atoms with Crippen molar-refractivity contribution < 1.29 is 14.3 Å². The summed E-state index contributed by atoms with van der Waals surface area (Å²) >= 11 is 0. The highest BCUT2D eigenvalue weighted by atomic mass is 33.1. The fourth-order valence-electron chi connectivity index (χ4n) is 6.93. The number of carbonyl (C=O) groups excluding carboxylic acids is 2. The number of carbonyl (C=O) groups is 2. The van der Waals surface area contributed by atoms with E-state index >= 15 is 0 Å². The second-order valence-electron chi connectivity index (χ2n) is 15.0. The quantitative estimate of drug-likeness (QED) is 0.0386. The molecule has 1 N–H and O–H groups in total. The molecule has 1 fully saturated rings. The van der Waals surface area contributed by atoms with Crippen molar-refractivity contribution in [1.29, 1.82) is 0 Å². The smallest absolute Gasteiger partial charge is 0.305 e. The van der Waals surface area contributed by atoms with E-state index in [1.54, 1.807) is 0 Å². The zero-order valence-electron chi connectivity index (χ0n) is 33.5. The van der Waals surface area contributed by atoms with Crippen molar-refractivity contribution in [2.45, 2.75) is 188 Å². The first kappa shape index (κ1) is 47.6. The fourth-order valence-corrected chi connectivity index (χ4v) is 8.98. The van der Waals surface area contributed by atoms with Gasteiger partial charge in [-0.25, -0.2) is 0 Å². The van der Waals surface area contributed by atoms with Gasteiger partial charge in [0.1, 0.15) is 0 Å². The maximum atomic E-state index is 12.3. The van der Waals surface area contributed by atoms with Gasteiger partial charge < -0.3 is 19.9 Å². The predicted octanol–water partition coefficient (Wildman–Crippen LogP) is 11.5. The van der Waals surface area contributed by atoms with E-state index in [2.05, 4.69) is 35.9 Å². The SMILES string of the molecule is CCCCCCCCCCCCSSCCNC(=O)CCN1CCN(CCCCCC(=O)OCCC(CCCCCC)CCCCCC)CC1. The summed E-state index contributed by atoms with van der Waals surface area (Å²) in [6.45, 7) is 14.4. The van der Waals surface area contributed by atoms with Crippen molar-refractivity contribution in [2.24, 2.45) is 5.92 Å². The normalized spacial score (nSPS) is 14.1. The molecular weight excluding hydrogens is 659 g/mol. The molecule has 0 aromatic rings. The van der Waals surface area contributed by atoms with E-state index in [0.29, 0.717) is 19.4 Å². The first-order chi connectivity index (χ1) is 24.6. The summed E-state index contributed by atoms with van der Waals surface area (Å²) in [7, 11) is 3.87. The average Bonchev–Trinajstić information content (AvgIpc) is 3.12. The zero-order chi connectivity index (χ0) is 36.2. The lowest BCUT2D eigenvalue weighted by atomic mass is 9.92. The number of rotatable bonds is 37. The van der Waals surface area contributed by atoms with Gasteiger partial charge in [-0.1, -0.05) is 171 Å². The molecular formula is C42H83N3O3S2. The number of ether oxygens (including phenoxy) is 1. The Balaban J connectivity index is 1.94. The molecule has 0 saturated carbocycles. The van der Waals surface area contributed by atoms with Crippen LogP contribution in [0, 0.1) is 5.92 Å². The Morgan fingerprint density at radius 2 is 1.06 bits per heavy atom. The summed E-state index contributed by atoms with van der Waals surface area (Å²) in [5.41, 5.74) is 0. The summed E-state index contributed by atoms with van der Waals surface area (Å²) in [6, 6.07) is 0. The molecule has 6 nitrogen and oxygen atoms in total. The number of piperazine rings is 1. The summed E-state index contributed by atoms with van der Waals surface area (Å²) in [5.74, 6) is 3.13. The lowest BCUT2D eigenvalue weighted by Gasteiger charge is -2.34. The van der Waals surface area contributed by atoms with E-state index in [0.717, 1.165) is 83.2 Å². The Morgan fingerprint density at radius 1 is 0.560 bits per heavy atom. The van der Waals surface area contributed by atoms with Crippen LogP contribution >= 0.6 is 21.6 Å². The summed E-state index contributed by atoms with van der Waals surface area (Å²) in [4.78, 5) is 29.7. The van der Waals surface area contributed by atoms with Crippen LogP contribution in [0.5, 0.6) is 0 Å². The summed E-state index contributed by atoms with van der Waals surface area (Å²) < 4.78 is 5.66. The molecule has 0 aromatic carbocycles. The highest BCUT2D eigenvalue weighted by Gasteiger charge is 2.17. The van der Waals surface area contributed by atoms with Crippen LogP contribution < -0.4 is 5.32 Å². The van der Waals surface area contributed by atoms with Crippen LogP contribution in [-0.4, -0.2) is 85.6 Å². The minimum Gasteiger partial charge on any atom is -0.466 e. The maximum absolute atomic E-state index is 12.3. The topological polar surface area (TPSA) is 61.9 Å². The first-order valence-corrected chi connectivity index (χ1v) is 24.2. The lowest BCUT2D eigenvalue weighted by Crippen LogP contribution is -2.47. The molecule has 50 heavy (non-hydrogen) atoms. The Hall–Kier alpha value is -0.440. The Morgan fingerprint density at radius 3 is 1.66 bits per heavy atom. The molecule has 1 aliphatic heterocycles. The standard InChI is InChI=1S/C42H83N3O3S2/c1-4-7-10-13-14-15-16-17-18-24-38-49-50-39-30-43-41(46)28-32-45-35-33-44(34-36-45)31-23-19-22-27-42(47)48-37-29-40(25-20-11-8-5-2)26-21-12-9-6-3/h40H,4-39H2,1-3H3,(H,43,46). The Bertz CT molecular complexity index is 740. The molecule has 0 atom stereocenters. The minimum absolute atomic E-state index is 0.00408. The maximum Gasteiger partial charge on any atom is 0.305 e. The molecule has 1 aliphatic rings. The van der Waals surface area contributed by atoms with E-state index < -0.39 is 0 Å². The van der Waals surface area contributed by atoms with Gasteiger partial charge in [0.05, 0.1) is 6.61 Å². The molecule has 0 aromatic heterocycles. The number of esters is 1. The van der Waals surface area contributed by atoms with Crippen molar-refractivity contribution in [3.05, 3.63) is 0 Å². The van der Waals surface area contributed by atoms with Crippen molar-refractivity contribution in [2.75, 3.05) is 63.9 Å². The van der Waals surface area contributed by atoms with Crippen LogP contribution in [0.15, 0.2) is 0 Å². The largest absolute Gasteiger partial charge is 0.466 e. The molecule has 1 heterocycles. The van der Waals surface area contributed by atoms with Crippen molar-refractivity contribution >= 4 is 33.5 Å². The molecule has 0 aliphatic carbocycles. The van der Waals surface area contributed by atoms with Gasteiger partial charge in [-0.15, -0.1) is 0 Å². The predicted molar refractivity (Wildman–Crippen MR) is 222 cm³/mol. The van der Waals surface area contributed by atoms with Gasteiger partial charge in [0.25, 0.3) is 0 Å². The first-order valence-electron chi connectivity index (χ1n) is 21.7. The number of hydrogen-bond donors (Lipinski definition) is 1. The van der Waals surface area contributed by atoms with Gasteiger partial charge in [-0.3, -0.25) is 9.59 Å². The van der Waals surface area contributed by atoms with Gasteiger partial charge in [0.15, 0.2) is 0 Å². The van der Waals surface area contributed by atoms with Crippen LogP contribution in [0.3, 0.4) is 0 Å². The number of nitrogens with one attached hydrogen (secondary N) is 1. The molecule has 0 radical (unpaired) electrons. The van der Waals surface area contributed by atoms with E-state index in [4.69, 9.17) is 4.74 Å². The van der Waals surface area contributed by atoms with E-state index in [1.807, 2.05) is 21.6 Å². The molecule has 1 saturated heterocycles. The highest BCUT2D eigenvalue weighted by molar-refractivity contribution is 8.76. The zero-order valence-corrected chi connectivity index (χ0v) is 35.1. The second-order valence-corrected chi connectivity index (χ2v) is 17.7. The number of hydrogen-bond acceptors (Lipinski definition) is 7. The molecule has 0 bridgehead atoms. The molecule has 1 rings (SSSR count). The van der Waals surface area contributed by atoms with E-state index in [1.165, 1.54) is 134 Å². The van der Waals surface area contributed by atoms with E-state index in [-0.39, 0.29) is 11.9 Å². The molecule has 296 valence electrons. The van der Waals surface area contributed by atoms with Gasteiger partial charge in [0, 0.05) is 63.6 Å². The number of amides is 1. The molecule has 0 unspecified atom stereocenters. The minimum atomic E-state index is -0.00408. The Kier molecular flexibility index (Phi) is 35.1. The van der Waals surface area contributed by atoms with Crippen molar-refractivity contribution in [3.8, 4) is 0 Å². The van der Waals surface area contributed by atoms with Crippen LogP contribution in [0.2, 0.25) is 0 Å². The Labute approximate surface area is 319 Å². The third-order valence-corrected chi connectivity index (χ3v) is 12.9. The number of unbranched alkanes of at least 4 members (excludes halogenated alkanes) is 17.